The summed E-state index contributed by atoms with van der Waals surface area (Å²) < 4.78 is 5.28. The monoisotopic (exact) mass is 167 g/mol. The van der Waals surface area contributed by atoms with Crippen LogP contribution < -0.4 is 10.5 Å². The molecule has 3 N–H and O–H groups in total. The van der Waals surface area contributed by atoms with E-state index in [-0.39, 0.29) is 5.75 Å². The second-order valence-electron chi connectivity index (χ2n) is 2.57. The highest BCUT2D eigenvalue weighted by Gasteiger charge is 1.98. The highest BCUT2D eigenvalue weighted by Crippen LogP contribution is 2.25. The summed E-state index contributed by atoms with van der Waals surface area (Å²) in [6.45, 7) is 2.68. The number of nitrogens with two attached hydrogens (primary N) is 1. The van der Waals surface area contributed by atoms with Gasteiger partial charge in [-0.3, -0.25) is 0 Å². The Hall–Kier alpha value is -1.38. The van der Waals surface area contributed by atoms with Gasteiger partial charge < -0.3 is 15.6 Å². The standard InChI is InChI=1S/C9H13NO2/c1-2-5-12-7-3-4-8(10)9(11)6-7/h3-4,6,11H,2,5,10H2,1H3. The van der Waals surface area contributed by atoms with E-state index in [0.29, 0.717) is 18.0 Å². The largest absolute Gasteiger partial charge is 0.506 e. The summed E-state index contributed by atoms with van der Waals surface area (Å²) in [6.07, 6.45) is 0.950. The number of hydrogen-bond acceptors (Lipinski definition) is 3. The molecule has 3 heteroatoms. The molecule has 0 aliphatic rings. The molecule has 0 aliphatic heterocycles. The van der Waals surface area contributed by atoms with Gasteiger partial charge in [0, 0.05) is 6.07 Å². The minimum Gasteiger partial charge on any atom is -0.506 e. The topological polar surface area (TPSA) is 55.5 Å². The summed E-state index contributed by atoms with van der Waals surface area (Å²) >= 11 is 0. The number of anilines is 1. The Kier molecular flexibility index (Phi) is 2.80. The summed E-state index contributed by atoms with van der Waals surface area (Å²) in [6, 6.07) is 4.88. The number of aromatic hydroxyl groups is 1. The third-order valence-corrected chi connectivity index (χ3v) is 1.47. The van der Waals surface area contributed by atoms with Crippen LogP contribution in [0.3, 0.4) is 0 Å². The fourth-order valence-electron chi connectivity index (χ4n) is 0.833. The van der Waals surface area contributed by atoms with Crippen molar-refractivity contribution in [2.75, 3.05) is 12.3 Å². The Morgan fingerprint density at radius 2 is 2.25 bits per heavy atom. The highest BCUT2D eigenvalue weighted by molar-refractivity contribution is 5.54. The zero-order valence-corrected chi connectivity index (χ0v) is 7.08. The predicted molar refractivity (Wildman–Crippen MR) is 48.3 cm³/mol. The van der Waals surface area contributed by atoms with Crippen LogP contribution in [0.1, 0.15) is 13.3 Å². The molecule has 0 atom stereocenters. The van der Waals surface area contributed by atoms with Crippen molar-refractivity contribution >= 4 is 5.69 Å². The van der Waals surface area contributed by atoms with Crippen molar-refractivity contribution in [1.29, 1.82) is 0 Å². The molecule has 66 valence electrons. The van der Waals surface area contributed by atoms with Gasteiger partial charge in [0.25, 0.3) is 0 Å². The van der Waals surface area contributed by atoms with E-state index in [1.54, 1.807) is 12.1 Å². The Balaban J connectivity index is 2.69. The average molecular weight is 167 g/mol. The van der Waals surface area contributed by atoms with Gasteiger partial charge in [-0.15, -0.1) is 0 Å². The van der Waals surface area contributed by atoms with Crippen LogP contribution in [0.5, 0.6) is 11.5 Å². The molecule has 3 nitrogen and oxygen atoms in total. The molecular weight excluding hydrogens is 154 g/mol. The fraction of sp³-hybridized carbons (Fsp3) is 0.333. The Morgan fingerprint density at radius 3 is 2.83 bits per heavy atom. The molecular formula is C9H13NO2. The maximum absolute atomic E-state index is 9.19. The predicted octanol–water partition coefficient (Wildman–Crippen LogP) is 1.76. The molecule has 1 aromatic carbocycles. The van der Waals surface area contributed by atoms with Gasteiger partial charge in [-0.25, -0.2) is 0 Å². The molecule has 1 rings (SSSR count). The van der Waals surface area contributed by atoms with Crippen LogP contribution in [0, 0.1) is 0 Å². The van der Waals surface area contributed by atoms with E-state index in [2.05, 4.69) is 0 Å². The molecule has 0 heterocycles. The first-order valence-electron chi connectivity index (χ1n) is 3.95. The molecule has 0 unspecified atom stereocenters. The zero-order valence-electron chi connectivity index (χ0n) is 7.08. The summed E-state index contributed by atoms with van der Waals surface area (Å²) in [5.41, 5.74) is 5.79. The summed E-state index contributed by atoms with van der Waals surface area (Å²) in [7, 11) is 0. The van der Waals surface area contributed by atoms with Gasteiger partial charge in [-0.2, -0.15) is 0 Å². The number of phenolic OH excluding ortho intramolecular Hbond substituents is 1. The molecule has 12 heavy (non-hydrogen) atoms. The van der Waals surface area contributed by atoms with Crippen molar-refractivity contribution in [1.82, 2.24) is 0 Å². The summed E-state index contributed by atoms with van der Waals surface area (Å²) in [4.78, 5) is 0. The molecule has 0 saturated heterocycles. The Morgan fingerprint density at radius 1 is 1.50 bits per heavy atom. The summed E-state index contributed by atoms with van der Waals surface area (Å²) in [5.74, 6) is 0.729. The number of benzene rings is 1. The van der Waals surface area contributed by atoms with Gasteiger partial charge in [0.05, 0.1) is 12.3 Å². The molecule has 0 radical (unpaired) electrons. The van der Waals surface area contributed by atoms with Crippen molar-refractivity contribution in [3.05, 3.63) is 18.2 Å². The van der Waals surface area contributed by atoms with E-state index in [1.165, 1.54) is 6.07 Å². The Bertz CT molecular complexity index is 261. The molecule has 0 aromatic heterocycles. The molecule has 0 aliphatic carbocycles. The van der Waals surface area contributed by atoms with Crippen molar-refractivity contribution in [3.8, 4) is 11.5 Å². The van der Waals surface area contributed by atoms with E-state index in [9.17, 15) is 5.11 Å². The van der Waals surface area contributed by atoms with Crippen molar-refractivity contribution < 1.29 is 9.84 Å². The quantitative estimate of drug-likeness (QED) is 0.532. The number of hydrogen-bond donors (Lipinski definition) is 2. The van der Waals surface area contributed by atoms with Gasteiger partial charge in [-0.05, 0) is 18.6 Å². The van der Waals surface area contributed by atoms with Gasteiger partial charge >= 0.3 is 0 Å². The van der Waals surface area contributed by atoms with Crippen LogP contribution in [-0.2, 0) is 0 Å². The van der Waals surface area contributed by atoms with E-state index >= 15 is 0 Å². The first kappa shape index (κ1) is 8.71. The van der Waals surface area contributed by atoms with Crippen LogP contribution >= 0.6 is 0 Å². The maximum Gasteiger partial charge on any atom is 0.142 e. The maximum atomic E-state index is 9.19. The number of rotatable bonds is 3. The van der Waals surface area contributed by atoms with Crippen molar-refractivity contribution in [2.24, 2.45) is 0 Å². The number of ether oxygens (including phenoxy) is 1. The van der Waals surface area contributed by atoms with E-state index < -0.39 is 0 Å². The minimum atomic E-state index is 0.0728. The normalized spacial score (nSPS) is 9.75. The number of phenols is 1. The van der Waals surface area contributed by atoms with Crippen LogP contribution in [0.4, 0.5) is 5.69 Å². The first-order chi connectivity index (χ1) is 5.74. The van der Waals surface area contributed by atoms with Crippen LogP contribution in [0.15, 0.2) is 18.2 Å². The lowest BCUT2D eigenvalue weighted by Crippen LogP contribution is -1.95. The lowest BCUT2D eigenvalue weighted by Gasteiger charge is -2.05. The Labute approximate surface area is 71.8 Å². The van der Waals surface area contributed by atoms with Crippen molar-refractivity contribution in [2.45, 2.75) is 13.3 Å². The van der Waals surface area contributed by atoms with Crippen molar-refractivity contribution in [3.63, 3.8) is 0 Å². The number of nitrogen functional groups attached to an aromatic ring is 1. The van der Waals surface area contributed by atoms with E-state index in [1.807, 2.05) is 6.92 Å². The highest BCUT2D eigenvalue weighted by atomic mass is 16.5. The van der Waals surface area contributed by atoms with Crippen LogP contribution in [-0.4, -0.2) is 11.7 Å². The molecule has 0 bridgehead atoms. The third-order valence-electron chi connectivity index (χ3n) is 1.47. The van der Waals surface area contributed by atoms with E-state index in [0.717, 1.165) is 6.42 Å². The lowest BCUT2D eigenvalue weighted by molar-refractivity contribution is 0.315. The average Bonchev–Trinajstić information content (AvgIpc) is 2.07. The van der Waals surface area contributed by atoms with E-state index in [4.69, 9.17) is 10.5 Å². The lowest BCUT2D eigenvalue weighted by atomic mass is 10.3. The van der Waals surface area contributed by atoms with Gasteiger partial charge in [0.15, 0.2) is 0 Å². The second kappa shape index (κ2) is 3.85. The fourth-order valence-corrected chi connectivity index (χ4v) is 0.833. The molecule has 0 saturated carbocycles. The summed E-state index contributed by atoms with van der Waals surface area (Å²) in [5, 5.41) is 9.19. The molecule has 0 amide bonds. The van der Waals surface area contributed by atoms with Gasteiger partial charge in [0.2, 0.25) is 0 Å². The smallest absolute Gasteiger partial charge is 0.142 e. The third kappa shape index (κ3) is 2.05. The van der Waals surface area contributed by atoms with Gasteiger partial charge in [0.1, 0.15) is 11.5 Å². The zero-order chi connectivity index (χ0) is 8.97. The van der Waals surface area contributed by atoms with Crippen LogP contribution in [0.25, 0.3) is 0 Å². The minimum absolute atomic E-state index is 0.0728. The molecule has 0 spiro atoms. The second-order valence-corrected chi connectivity index (χ2v) is 2.57. The van der Waals surface area contributed by atoms with Crippen LogP contribution in [0.2, 0.25) is 0 Å². The SMILES string of the molecule is CCCOc1ccc(N)c(O)c1. The molecule has 1 aromatic rings. The first-order valence-corrected chi connectivity index (χ1v) is 3.95. The van der Waals surface area contributed by atoms with Gasteiger partial charge in [-0.1, -0.05) is 6.92 Å². The molecule has 0 fully saturated rings.